The molecule has 0 aliphatic carbocycles. The van der Waals surface area contributed by atoms with Crippen LogP contribution in [0.5, 0.6) is 0 Å². The molecule has 0 aromatic heterocycles. The van der Waals surface area contributed by atoms with Gasteiger partial charge in [0.15, 0.2) is 0 Å². The highest BCUT2D eigenvalue weighted by Gasteiger charge is 2.04. The summed E-state index contributed by atoms with van der Waals surface area (Å²) in [6.45, 7) is 4.43. The maximum atomic E-state index is 11.3. The van der Waals surface area contributed by atoms with E-state index in [4.69, 9.17) is 9.47 Å². The van der Waals surface area contributed by atoms with E-state index < -0.39 is 0 Å². The Hall–Kier alpha value is -2.04. The SMILES string of the molecule is CCOC(=O)CNc1ccc(CC(=O)OCC)cc1. The molecule has 19 heavy (non-hydrogen) atoms. The van der Waals surface area contributed by atoms with E-state index in [9.17, 15) is 9.59 Å². The minimum Gasteiger partial charge on any atom is -0.466 e. The zero-order valence-electron chi connectivity index (χ0n) is 11.3. The molecule has 1 N–H and O–H groups in total. The van der Waals surface area contributed by atoms with Crippen LogP contribution in [0.1, 0.15) is 19.4 Å². The Kier molecular flexibility index (Phi) is 6.43. The summed E-state index contributed by atoms with van der Waals surface area (Å²) in [4.78, 5) is 22.4. The van der Waals surface area contributed by atoms with Gasteiger partial charge in [0.05, 0.1) is 19.6 Å². The molecule has 1 aromatic rings. The normalized spacial score (nSPS) is 9.79. The van der Waals surface area contributed by atoms with Crippen molar-refractivity contribution >= 4 is 17.6 Å². The number of hydrogen-bond acceptors (Lipinski definition) is 5. The average molecular weight is 265 g/mol. The molecule has 0 spiro atoms. The number of nitrogens with one attached hydrogen (secondary N) is 1. The summed E-state index contributed by atoms with van der Waals surface area (Å²) in [6.07, 6.45) is 0.256. The zero-order chi connectivity index (χ0) is 14.1. The lowest BCUT2D eigenvalue weighted by Gasteiger charge is -2.07. The summed E-state index contributed by atoms with van der Waals surface area (Å²) in [5.41, 5.74) is 1.68. The molecule has 5 nitrogen and oxygen atoms in total. The van der Waals surface area contributed by atoms with Crippen LogP contribution in [0.4, 0.5) is 5.69 Å². The van der Waals surface area contributed by atoms with Crippen LogP contribution in [-0.4, -0.2) is 31.7 Å². The van der Waals surface area contributed by atoms with Crippen molar-refractivity contribution in [2.24, 2.45) is 0 Å². The lowest BCUT2D eigenvalue weighted by Crippen LogP contribution is -2.16. The number of carbonyl (C=O) groups excluding carboxylic acids is 2. The van der Waals surface area contributed by atoms with Gasteiger partial charge in [-0.15, -0.1) is 0 Å². The van der Waals surface area contributed by atoms with E-state index in [2.05, 4.69) is 5.32 Å². The number of benzene rings is 1. The van der Waals surface area contributed by atoms with Crippen molar-refractivity contribution in [3.8, 4) is 0 Å². The summed E-state index contributed by atoms with van der Waals surface area (Å²) in [5, 5.41) is 2.94. The first-order valence-electron chi connectivity index (χ1n) is 6.29. The van der Waals surface area contributed by atoms with Gasteiger partial charge in [-0.05, 0) is 31.5 Å². The first kappa shape index (κ1) is 15.0. The van der Waals surface area contributed by atoms with Crippen LogP contribution >= 0.6 is 0 Å². The maximum Gasteiger partial charge on any atom is 0.325 e. The minimum atomic E-state index is -0.293. The lowest BCUT2D eigenvalue weighted by molar-refractivity contribution is -0.142. The predicted molar refractivity (Wildman–Crippen MR) is 71.9 cm³/mol. The third-order valence-electron chi connectivity index (χ3n) is 2.35. The molecule has 1 rings (SSSR count). The fraction of sp³-hybridized carbons (Fsp3) is 0.429. The zero-order valence-corrected chi connectivity index (χ0v) is 11.3. The highest BCUT2D eigenvalue weighted by molar-refractivity contribution is 5.75. The molecular weight excluding hydrogens is 246 g/mol. The number of anilines is 1. The van der Waals surface area contributed by atoms with Crippen molar-refractivity contribution in [2.45, 2.75) is 20.3 Å². The van der Waals surface area contributed by atoms with E-state index in [0.717, 1.165) is 11.3 Å². The van der Waals surface area contributed by atoms with E-state index in [1.54, 1.807) is 13.8 Å². The molecule has 0 atom stereocenters. The smallest absolute Gasteiger partial charge is 0.325 e. The van der Waals surface area contributed by atoms with E-state index >= 15 is 0 Å². The molecule has 0 bridgehead atoms. The van der Waals surface area contributed by atoms with Crippen molar-refractivity contribution in [1.82, 2.24) is 0 Å². The number of ether oxygens (including phenoxy) is 2. The monoisotopic (exact) mass is 265 g/mol. The second-order valence-corrected chi connectivity index (χ2v) is 3.84. The van der Waals surface area contributed by atoms with Crippen molar-refractivity contribution in [3.63, 3.8) is 0 Å². The average Bonchev–Trinajstić information content (AvgIpc) is 2.38. The predicted octanol–water partition coefficient (Wildman–Crippen LogP) is 1.77. The molecule has 104 valence electrons. The summed E-state index contributed by atoms with van der Waals surface area (Å²) < 4.78 is 9.67. The van der Waals surface area contributed by atoms with Crippen molar-refractivity contribution in [2.75, 3.05) is 25.1 Å². The standard InChI is InChI=1S/C14H19NO4/c1-3-18-13(16)9-11-5-7-12(8-6-11)15-10-14(17)19-4-2/h5-8,15H,3-4,9-10H2,1-2H3. The number of hydrogen-bond donors (Lipinski definition) is 1. The van der Waals surface area contributed by atoms with Crippen molar-refractivity contribution in [3.05, 3.63) is 29.8 Å². The molecule has 5 heteroatoms. The molecule has 0 radical (unpaired) electrons. The van der Waals surface area contributed by atoms with Crippen LogP contribution in [0, 0.1) is 0 Å². The van der Waals surface area contributed by atoms with Gasteiger partial charge in [-0.2, -0.15) is 0 Å². The van der Waals surface area contributed by atoms with Gasteiger partial charge in [-0.1, -0.05) is 12.1 Å². The Morgan fingerprint density at radius 3 is 2.16 bits per heavy atom. The fourth-order valence-electron chi connectivity index (χ4n) is 1.51. The quantitative estimate of drug-likeness (QED) is 0.761. The molecule has 0 saturated heterocycles. The Balaban J connectivity index is 2.43. The van der Waals surface area contributed by atoms with Crippen LogP contribution in [0.3, 0.4) is 0 Å². The van der Waals surface area contributed by atoms with Crippen molar-refractivity contribution in [1.29, 1.82) is 0 Å². The highest BCUT2D eigenvalue weighted by atomic mass is 16.5. The largest absolute Gasteiger partial charge is 0.466 e. The van der Waals surface area contributed by atoms with Crippen LogP contribution in [0.2, 0.25) is 0 Å². The van der Waals surface area contributed by atoms with Crippen LogP contribution in [-0.2, 0) is 25.5 Å². The second kappa shape index (κ2) is 8.13. The van der Waals surface area contributed by atoms with Gasteiger partial charge in [-0.25, -0.2) is 0 Å². The van der Waals surface area contributed by atoms with E-state index in [-0.39, 0.29) is 24.9 Å². The third kappa shape index (κ3) is 5.90. The first-order valence-corrected chi connectivity index (χ1v) is 6.29. The number of esters is 2. The summed E-state index contributed by atoms with van der Waals surface area (Å²) in [5.74, 6) is -0.534. The van der Waals surface area contributed by atoms with Gasteiger partial charge in [0.2, 0.25) is 0 Å². The van der Waals surface area contributed by atoms with Gasteiger partial charge in [0, 0.05) is 5.69 Å². The van der Waals surface area contributed by atoms with E-state index in [1.807, 2.05) is 24.3 Å². The Morgan fingerprint density at radius 1 is 1.00 bits per heavy atom. The van der Waals surface area contributed by atoms with Crippen LogP contribution < -0.4 is 5.32 Å². The topological polar surface area (TPSA) is 64.6 Å². The molecule has 0 aliphatic rings. The maximum absolute atomic E-state index is 11.3. The van der Waals surface area contributed by atoms with Crippen molar-refractivity contribution < 1.29 is 19.1 Å². The van der Waals surface area contributed by atoms with Gasteiger partial charge in [-0.3, -0.25) is 9.59 Å². The number of carbonyl (C=O) groups is 2. The van der Waals surface area contributed by atoms with Gasteiger partial charge < -0.3 is 14.8 Å². The summed E-state index contributed by atoms with van der Waals surface area (Å²) in [7, 11) is 0. The molecule has 0 heterocycles. The summed E-state index contributed by atoms with van der Waals surface area (Å²) >= 11 is 0. The van der Waals surface area contributed by atoms with Crippen LogP contribution in [0.15, 0.2) is 24.3 Å². The van der Waals surface area contributed by atoms with E-state index in [0.29, 0.717) is 13.2 Å². The molecule has 0 aliphatic heterocycles. The first-order chi connectivity index (χ1) is 9.15. The summed E-state index contributed by atoms with van der Waals surface area (Å²) in [6, 6.07) is 7.27. The Morgan fingerprint density at radius 2 is 1.58 bits per heavy atom. The fourth-order valence-corrected chi connectivity index (χ4v) is 1.51. The van der Waals surface area contributed by atoms with E-state index in [1.165, 1.54) is 0 Å². The van der Waals surface area contributed by atoms with Gasteiger partial charge in [0.1, 0.15) is 6.54 Å². The van der Waals surface area contributed by atoms with Crippen LogP contribution in [0.25, 0.3) is 0 Å². The minimum absolute atomic E-state index is 0.130. The highest BCUT2D eigenvalue weighted by Crippen LogP contribution is 2.10. The molecule has 0 unspecified atom stereocenters. The second-order valence-electron chi connectivity index (χ2n) is 3.84. The molecule has 0 fully saturated rings. The Bertz CT molecular complexity index is 414. The molecular formula is C14H19NO4. The number of rotatable bonds is 7. The lowest BCUT2D eigenvalue weighted by atomic mass is 10.1. The van der Waals surface area contributed by atoms with Gasteiger partial charge >= 0.3 is 11.9 Å². The Labute approximate surface area is 112 Å². The molecule has 1 aromatic carbocycles. The van der Waals surface area contributed by atoms with Gasteiger partial charge in [0.25, 0.3) is 0 Å². The third-order valence-corrected chi connectivity index (χ3v) is 2.35. The molecule has 0 amide bonds. The molecule has 0 saturated carbocycles.